The van der Waals surface area contributed by atoms with Gasteiger partial charge in [0.25, 0.3) is 0 Å². The van der Waals surface area contributed by atoms with E-state index in [0.717, 1.165) is 51.9 Å². The minimum Gasteiger partial charge on any atom is -0.389 e. The number of hydrogen-bond donors (Lipinski definition) is 2. The van der Waals surface area contributed by atoms with Gasteiger partial charge in [-0.25, -0.2) is 0 Å². The van der Waals surface area contributed by atoms with E-state index in [1.165, 1.54) is 6.42 Å². The highest BCUT2D eigenvalue weighted by Gasteiger charge is 2.36. The normalized spacial score (nSPS) is 22.0. The van der Waals surface area contributed by atoms with Crippen molar-refractivity contribution in [2.75, 3.05) is 26.3 Å². The standard InChI is InChI=1S/C15H31NO2/c1-4-5-11-18-12-10-16-13-15(17)8-6-14(2,3)7-9-15/h16-17H,4-13H2,1-3H3. The molecule has 0 unspecified atom stereocenters. The van der Waals surface area contributed by atoms with Crippen molar-refractivity contribution < 1.29 is 9.84 Å². The van der Waals surface area contributed by atoms with Gasteiger partial charge in [0.15, 0.2) is 0 Å². The molecule has 0 aromatic carbocycles. The van der Waals surface area contributed by atoms with Crippen LogP contribution in [0.15, 0.2) is 0 Å². The largest absolute Gasteiger partial charge is 0.389 e. The molecule has 3 nitrogen and oxygen atoms in total. The molecule has 108 valence electrons. The lowest BCUT2D eigenvalue weighted by Gasteiger charge is -2.40. The van der Waals surface area contributed by atoms with Crippen molar-refractivity contribution in [3.8, 4) is 0 Å². The molecular formula is C15H31NO2. The highest BCUT2D eigenvalue weighted by Crippen LogP contribution is 2.39. The van der Waals surface area contributed by atoms with E-state index in [1.54, 1.807) is 0 Å². The van der Waals surface area contributed by atoms with Crippen molar-refractivity contribution in [2.45, 2.75) is 64.9 Å². The van der Waals surface area contributed by atoms with Gasteiger partial charge in [0.05, 0.1) is 12.2 Å². The van der Waals surface area contributed by atoms with E-state index in [2.05, 4.69) is 26.1 Å². The Morgan fingerprint density at radius 2 is 1.78 bits per heavy atom. The summed E-state index contributed by atoms with van der Waals surface area (Å²) in [6.07, 6.45) is 6.41. The SMILES string of the molecule is CCCCOCCNCC1(O)CCC(C)(C)CC1. The summed E-state index contributed by atoms with van der Waals surface area (Å²) in [4.78, 5) is 0. The number of ether oxygens (including phenoxy) is 1. The highest BCUT2D eigenvalue weighted by molar-refractivity contribution is 4.90. The Hall–Kier alpha value is -0.120. The summed E-state index contributed by atoms with van der Waals surface area (Å²) in [5, 5.41) is 13.8. The fraction of sp³-hybridized carbons (Fsp3) is 1.00. The Kier molecular flexibility index (Phi) is 6.61. The van der Waals surface area contributed by atoms with Gasteiger partial charge in [-0.05, 0) is 37.5 Å². The molecule has 1 aliphatic carbocycles. The number of nitrogens with one attached hydrogen (secondary N) is 1. The van der Waals surface area contributed by atoms with Crippen molar-refractivity contribution in [1.82, 2.24) is 5.32 Å². The van der Waals surface area contributed by atoms with Crippen molar-refractivity contribution in [1.29, 1.82) is 0 Å². The third-order valence-corrected chi connectivity index (χ3v) is 4.05. The summed E-state index contributed by atoms with van der Waals surface area (Å²) >= 11 is 0. The molecule has 1 fully saturated rings. The summed E-state index contributed by atoms with van der Waals surface area (Å²) in [5.41, 5.74) is -0.0750. The van der Waals surface area contributed by atoms with Crippen LogP contribution < -0.4 is 5.32 Å². The second kappa shape index (κ2) is 7.46. The van der Waals surface area contributed by atoms with Crippen LogP contribution in [0.3, 0.4) is 0 Å². The van der Waals surface area contributed by atoms with Gasteiger partial charge in [0, 0.05) is 19.7 Å². The minimum atomic E-state index is -0.487. The molecule has 0 bridgehead atoms. The van der Waals surface area contributed by atoms with Crippen molar-refractivity contribution >= 4 is 0 Å². The maximum atomic E-state index is 10.4. The molecule has 1 aliphatic rings. The van der Waals surface area contributed by atoms with Crippen LogP contribution in [0, 0.1) is 5.41 Å². The Morgan fingerprint density at radius 3 is 2.39 bits per heavy atom. The molecule has 0 saturated heterocycles. The molecular weight excluding hydrogens is 226 g/mol. The molecule has 0 atom stereocenters. The quantitative estimate of drug-likeness (QED) is 0.657. The number of hydrogen-bond acceptors (Lipinski definition) is 3. The van der Waals surface area contributed by atoms with Gasteiger partial charge in [-0.3, -0.25) is 0 Å². The van der Waals surface area contributed by atoms with Crippen molar-refractivity contribution in [3.05, 3.63) is 0 Å². The first-order valence-corrected chi connectivity index (χ1v) is 7.48. The molecule has 0 radical (unpaired) electrons. The first-order chi connectivity index (χ1) is 8.47. The first kappa shape index (κ1) is 15.9. The smallest absolute Gasteiger partial charge is 0.0772 e. The summed E-state index contributed by atoms with van der Waals surface area (Å²) in [5.74, 6) is 0. The average molecular weight is 257 g/mol. The van der Waals surface area contributed by atoms with Crippen LogP contribution in [0.4, 0.5) is 0 Å². The summed E-state index contributed by atoms with van der Waals surface area (Å²) in [6, 6.07) is 0. The Morgan fingerprint density at radius 1 is 1.11 bits per heavy atom. The molecule has 0 heterocycles. The van der Waals surface area contributed by atoms with E-state index >= 15 is 0 Å². The zero-order valence-corrected chi connectivity index (χ0v) is 12.4. The van der Waals surface area contributed by atoms with Crippen molar-refractivity contribution in [2.24, 2.45) is 5.41 Å². The fourth-order valence-corrected chi connectivity index (χ4v) is 2.38. The van der Waals surface area contributed by atoms with E-state index < -0.39 is 5.60 Å². The predicted octanol–water partition coefficient (Wildman–Crippen LogP) is 2.72. The van der Waals surface area contributed by atoms with Crippen LogP contribution in [0.5, 0.6) is 0 Å². The Bertz CT molecular complexity index is 219. The molecule has 3 heteroatoms. The molecule has 18 heavy (non-hydrogen) atoms. The van der Waals surface area contributed by atoms with E-state index in [1.807, 2.05) is 0 Å². The average Bonchev–Trinajstić information content (AvgIpc) is 2.33. The zero-order valence-electron chi connectivity index (χ0n) is 12.4. The van der Waals surface area contributed by atoms with Gasteiger partial charge in [0.1, 0.15) is 0 Å². The number of unbranched alkanes of at least 4 members (excludes halogenated alkanes) is 1. The summed E-state index contributed by atoms with van der Waals surface area (Å²) in [7, 11) is 0. The van der Waals surface area contributed by atoms with E-state index in [0.29, 0.717) is 12.0 Å². The molecule has 0 aliphatic heterocycles. The van der Waals surface area contributed by atoms with Crippen LogP contribution in [0.1, 0.15) is 59.3 Å². The topological polar surface area (TPSA) is 41.5 Å². The Balaban J connectivity index is 2.05. The molecule has 0 aromatic rings. The maximum Gasteiger partial charge on any atom is 0.0772 e. The lowest BCUT2D eigenvalue weighted by Crippen LogP contribution is -2.45. The molecule has 1 saturated carbocycles. The number of aliphatic hydroxyl groups is 1. The van der Waals surface area contributed by atoms with Crippen LogP contribution in [-0.4, -0.2) is 37.0 Å². The fourth-order valence-electron chi connectivity index (χ4n) is 2.38. The van der Waals surface area contributed by atoms with Crippen LogP contribution in [0.2, 0.25) is 0 Å². The van der Waals surface area contributed by atoms with Crippen LogP contribution in [-0.2, 0) is 4.74 Å². The molecule has 0 spiro atoms. The highest BCUT2D eigenvalue weighted by atomic mass is 16.5. The van der Waals surface area contributed by atoms with Crippen molar-refractivity contribution in [3.63, 3.8) is 0 Å². The molecule has 1 rings (SSSR count). The number of rotatable bonds is 8. The van der Waals surface area contributed by atoms with E-state index in [-0.39, 0.29) is 0 Å². The maximum absolute atomic E-state index is 10.4. The van der Waals surface area contributed by atoms with Gasteiger partial charge in [-0.2, -0.15) is 0 Å². The first-order valence-electron chi connectivity index (χ1n) is 7.48. The molecule has 0 aromatic heterocycles. The molecule has 0 amide bonds. The van der Waals surface area contributed by atoms with Gasteiger partial charge in [-0.1, -0.05) is 27.2 Å². The zero-order chi connectivity index (χ0) is 13.5. The van der Waals surface area contributed by atoms with Gasteiger partial charge in [-0.15, -0.1) is 0 Å². The van der Waals surface area contributed by atoms with Gasteiger partial charge >= 0.3 is 0 Å². The predicted molar refractivity (Wildman–Crippen MR) is 75.8 cm³/mol. The van der Waals surface area contributed by atoms with Gasteiger partial charge in [0.2, 0.25) is 0 Å². The third kappa shape index (κ3) is 6.17. The molecule has 2 N–H and O–H groups in total. The summed E-state index contributed by atoms with van der Waals surface area (Å²) < 4.78 is 5.49. The minimum absolute atomic E-state index is 0.412. The second-order valence-corrected chi connectivity index (χ2v) is 6.53. The van der Waals surface area contributed by atoms with E-state index in [9.17, 15) is 5.11 Å². The van der Waals surface area contributed by atoms with Crippen LogP contribution >= 0.6 is 0 Å². The van der Waals surface area contributed by atoms with Gasteiger partial charge < -0.3 is 15.2 Å². The van der Waals surface area contributed by atoms with Crippen LogP contribution in [0.25, 0.3) is 0 Å². The Labute approximate surface area is 112 Å². The lowest BCUT2D eigenvalue weighted by atomic mass is 9.71. The lowest BCUT2D eigenvalue weighted by molar-refractivity contribution is -0.0252. The monoisotopic (exact) mass is 257 g/mol. The summed E-state index contributed by atoms with van der Waals surface area (Å²) in [6.45, 7) is 9.92. The van der Waals surface area contributed by atoms with E-state index in [4.69, 9.17) is 4.74 Å². The second-order valence-electron chi connectivity index (χ2n) is 6.53. The third-order valence-electron chi connectivity index (χ3n) is 4.05.